The smallest absolute Gasteiger partial charge is 0.337 e. The van der Waals surface area contributed by atoms with E-state index in [2.05, 4.69) is 9.97 Å². The molecule has 1 aliphatic heterocycles. The van der Waals surface area contributed by atoms with Gasteiger partial charge >= 0.3 is 6.18 Å². The van der Waals surface area contributed by atoms with Crippen LogP contribution >= 0.6 is 0 Å². The van der Waals surface area contributed by atoms with Crippen LogP contribution in [0.15, 0.2) is 12.4 Å². The van der Waals surface area contributed by atoms with Crippen molar-refractivity contribution in [2.45, 2.75) is 6.18 Å². The van der Waals surface area contributed by atoms with Gasteiger partial charge in [0.05, 0.1) is 5.56 Å². The highest BCUT2D eigenvalue weighted by Gasteiger charge is 2.31. The van der Waals surface area contributed by atoms with Crippen LogP contribution in [0.5, 0.6) is 0 Å². The van der Waals surface area contributed by atoms with Gasteiger partial charge in [0.15, 0.2) is 6.19 Å². The van der Waals surface area contributed by atoms with Crippen molar-refractivity contribution >= 4 is 5.95 Å². The Morgan fingerprint density at radius 3 is 2.11 bits per heavy atom. The maximum absolute atomic E-state index is 12.3. The predicted octanol–water partition coefficient (Wildman–Crippen LogP) is 1.10. The maximum atomic E-state index is 12.3. The first-order chi connectivity index (χ1) is 8.50. The monoisotopic (exact) mass is 257 g/mol. The summed E-state index contributed by atoms with van der Waals surface area (Å²) in [5, 5.41) is 8.67. The van der Waals surface area contributed by atoms with Crippen LogP contribution in [-0.2, 0) is 6.18 Å². The number of hydrogen-bond acceptors (Lipinski definition) is 5. The molecule has 0 atom stereocenters. The zero-order chi connectivity index (χ0) is 13.2. The predicted molar refractivity (Wildman–Crippen MR) is 56.4 cm³/mol. The Balaban J connectivity index is 2.05. The van der Waals surface area contributed by atoms with E-state index in [1.54, 1.807) is 9.80 Å². The lowest BCUT2D eigenvalue weighted by atomic mass is 10.3. The fourth-order valence-electron chi connectivity index (χ4n) is 1.64. The highest BCUT2D eigenvalue weighted by molar-refractivity contribution is 5.31. The fraction of sp³-hybridized carbons (Fsp3) is 0.500. The Morgan fingerprint density at radius 1 is 1.11 bits per heavy atom. The van der Waals surface area contributed by atoms with Gasteiger partial charge in [-0.2, -0.15) is 18.4 Å². The van der Waals surface area contributed by atoms with Crippen LogP contribution in [-0.4, -0.2) is 41.0 Å². The number of aromatic nitrogens is 2. The maximum Gasteiger partial charge on any atom is 0.419 e. The van der Waals surface area contributed by atoms with E-state index in [1.807, 2.05) is 6.19 Å². The molecule has 1 aromatic heterocycles. The van der Waals surface area contributed by atoms with E-state index in [4.69, 9.17) is 5.26 Å². The van der Waals surface area contributed by atoms with Crippen molar-refractivity contribution in [2.24, 2.45) is 0 Å². The van der Waals surface area contributed by atoms with Crippen molar-refractivity contribution in [3.8, 4) is 6.19 Å². The number of alkyl halides is 3. The highest BCUT2D eigenvalue weighted by atomic mass is 19.4. The van der Waals surface area contributed by atoms with Crippen molar-refractivity contribution in [1.29, 1.82) is 5.26 Å². The Kier molecular flexibility index (Phi) is 3.23. The second-order valence-electron chi connectivity index (χ2n) is 3.84. The lowest BCUT2D eigenvalue weighted by Gasteiger charge is -2.31. The van der Waals surface area contributed by atoms with Crippen LogP contribution in [0.3, 0.4) is 0 Å². The summed E-state index contributed by atoms with van der Waals surface area (Å²) in [6.07, 6.45) is -0.843. The largest absolute Gasteiger partial charge is 0.419 e. The molecule has 0 spiro atoms. The molecule has 0 amide bonds. The summed E-state index contributed by atoms with van der Waals surface area (Å²) in [4.78, 5) is 10.8. The molecule has 1 aliphatic rings. The van der Waals surface area contributed by atoms with Gasteiger partial charge in [-0.05, 0) is 0 Å². The molecule has 0 saturated carbocycles. The van der Waals surface area contributed by atoms with Crippen molar-refractivity contribution in [1.82, 2.24) is 14.9 Å². The third kappa shape index (κ3) is 2.61. The molecule has 1 fully saturated rings. The minimum Gasteiger partial charge on any atom is -0.337 e. The second-order valence-corrected chi connectivity index (χ2v) is 3.84. The number of hydrogen-bond donors (Lipinski definition) is 0. The Hall–Kier alpha value is -2.04. The fourth-order valence-corrected chi connectivity index (χ4v) is 1.64. The molecule has 0 aromatic carbocycles. The number of nitrogens with zero attached hydrogens (tertiary/aromatic N) is 5. The SMILES string of the molecule is N#CN1CCN(c2ncc(C(F)(F)F)cn2)CC1. The molecule has 0 aliphatic carbocycles. The van der Waals surface area contributed by atoms with Gasteiger partial charge in [-0.3, -0.25) is 0 Å². The highest BCUT2D eigenvalue weighted by Crippen LogP contribution is 2.28. The Labute approximate surface area is 101 Å². The topological polar surface area (TPSA) is 56.1 Å². The lowest BCUT2D eigenvalue weighted by Crippen LogP contribution is -2.45. The summed E-state index contributed by atoms with van der Waals surface area (Å²) in [5.41, 5.74) is -0.859. The van der Waals surface area contributed by atoms with E-state index in [0.29, 0.717) is 26.2 Å². The van der Waals surface area contributed by atoms with Crippen LogP contribution in [0, 0.1) is 11.5 Å². The van der Waals surface area contributed by atoms with Gasteiger partial charge < -0.3 is 9.80 Å². The molecular formula is C10H10F3N5. The summed E-state index contributed by atoms with van der Waals surface area (Å²) >= 11 is 0. The molecule has 5 nitrogen and oxygen atoms in total. The van der Waals surface area contributed by atoms with Crippen molar-refractivity contribution in [2.75, 3.05) is 31.1 Å². The van der Waals surface area contributed by atoms with E-state index < -0.39 is 11.7 Å². The van der Waals surface area contributed by atoms with Gasteiger partial charge in [0.1, 0.15) is 0 Å². The Morgan fingerprint density at radius 2 is 1.67 bits per heavy atom. The summed E-state index contributed by atoms with van der Waals surface area (Å²) < 4.78 is 37.0. The third-order valence-electron chi connectivity index (χ3n) is 2.67. The van der Waals surface area contributed by atoms with Gasteiger partial charge in [-0.15, -0.1) is 0 Å². The molecule has 18 heavy (non-hydrogen) atoms. The number of piperazine rings is 1. The number of anilines is 1. The average molecular weight is 257 g/mol. The number of halogens is 3. The summed E-state index contributed by atoms with van der Waals surface area (Å²) in [7, 11) is 0. The minimum absolute atomic E-state index is 0.264. The summed E-state index contributed by atoms with van der Waals surface area (Å²) in [6.45, 7) is 2.11. The van der Waals surface area contributed by atoms with E-state index >= 15 is 0 Å². The molecule has 0 N–H and O–H groups in total. The third-order valence-corrected chi connectivity index (χ3v) is 2.67. The Bertz CT molecular complexity index is 442. The first-order valence-electron chi connectivity index (χ1n) is 5.29. The number of rotatable bonds is 1. The van der Waals surface area contributed by atoms with Gasteiger partial charge in [0.25, 0.3) is 0 Å². The molecule has 8 heteroatoms. The van der Waals surface area contributed by atoms with Gasteiger partial charge in [-0.1, -0.05) is 0 Å². The van der Waals surface area contributed by atoms with E-state index in [9.17, 15) is 13.2 Å². The first kappa shape index (κ1) is 12.4. The second kappa shape index (κ2) is 4.68. The van der Waals surface area contributed by atoms with Crippen molar-refractivity contribution < 1.29 is 13.2 Å². The van der Waals surface area contributed by atoms with E-state index in [-0.39, 0.29) is 5.95 Å². The molecule has 0 unspecified atom stereocenters. The van der Waals surface area contributed by atoms with Gasteiger partial charge in [0.2, 0.25) is 5.95 Å². The lowest BCUT2D eigenvalue weighted by molar-refractivity contribution is -0.138. The van der Waals surface area contributed by atoms with Crippen molar-refractivity contribution in [3.05, 3.63) is 18.0 Å². The van der Waals surface area contributed by atoms with Crippen molar-refractivity contribution in [3.63, 3.8) is 0 Å². The quantitative estimate of drug-likeness (QED) is 0.705. The molecule has 2 heterocycles. The van der Waals surface area contributed by atoms with Crippen LogP contribution < -0.4 is 4.90 Å². The molecule has 0 bridgehead atoms. The van der Waals surface area contributed by atoms with Gasteiger partial charge in [0, 0.05) is 38.6 Å². The standard InChI is InChI=1S/C10H10F3N5/c11-10(12,13)8-5-15-9(16-6-8)18-3-1-17(7-14)2-4-18/h5-6H,1-4H2. The molecule has 2 rings (SSSR count). The number of nitriles is 1. The van der Waals surface area contributed by atoms with Crippen LogP contribution in [0.4, 0.5) is 19.1 Å². The van der Waals surface area contributed by atoms with Crippen LogP contribution in [0.1, 0.15) is 5.56 Å². The van der Waals surface area contributed by atoms with Crippen LogP contribution in [0.25, 0.3) is 0 Å². The molecule has 1 saturated heterocycles. The minimum atomic E-state index is -4.42. The van der Waals surface area contributed by atoms with E-state index in [1.165, 1.54) is 0 Å². The zero-order valence-electron chi connectivity index (χ0n) is 9.35. The van der Waals surface area contributed by atoms with E-state index in [0.717, 1.165) is 12.4 Å². The average Bonchev–Trinajstić information content (AvgIpc) is 2.38. The molecule has 96 valence electrons. The molecule has 0 radical (unpaired) electrons. The molecule has 1 aromatic rings. The molecular weight excluding hydrogens is 247 g/mol. The summed E-state index contributed by atoms with van der Waals surface area (Å²) in [5.74, 6) is 0.264. The van der Waals surface area contributed by atoms with Gasteiger partial charge in [-0.25, -0.2) is 9.97 Å². The normalized spacial score (nSPS) is 16.6. The zero-order valence-corrected chi connectivity index (χ0v) is 9.35. The van der Waals surface area contributed by atoms with Crippen LogP contribution in [0.2, 0.25) is 0 Å². The summed E-state index contributed by atoms with van der Waals surface area (Å²) in [6, 6.07) is 0. The first-order valence-corrected chi connectivity index (χ1v) is 5.29.